The Balaban J connectivity index is 1.64. The summed E-state index contributed by atoms with van der Waals surface area (Å²) >= 11 is 3.56. The summed E-state index contributed by atoms with van der Waals surface area (Å²) in [6.07, 6.45) is 3.28. The number of ether oxygens (including phenoxy) is 2. The standard InChI is InChI=1S/C29H32BrN3O4/c1-18(31-2)27(34)32-26-28(35)33(23-8-4-5-9-25(23)37-29(26)14-6-7-15-29)17-22-21-12-11-20(30)16-19(21)10-13-24(22)36-3/h4-5,8-13,16,18,26,31H,6-7,14-15,17H2,1-3H3,(H,32,34)/t18-,26+/m0/s1. The van der Waals surface area contributed by atoms with Crippen LogP contribution in [0.5, 0.6) is 11.5 Å². The Hall–Kier alpha value is -3.10. The van der Waals surface area contributed by atoms with Crippen molar-refractivity contribution in [3.63, 3.8) is 0 Å². The van der Waals surface area contributed by atoms with E-state index in [0.717, 1.165) is 33.7 Å². The van der Waals surface area contributed by atoms with Crippen molar-refractivity contribution in [2.24, 2.45) is 0 Å². The molecule has 0 saturated heterocycles. The van der Waals surface area contributed by atoms with Crippen molar-refractivity contribution in [2.75, 3.05) is 19.1 Å². The summed E-state index contributed by atoms with van der Waals surface area (Å²) in [7, 11) is 3.37. The maximum absolute atomic E-state index is 14.5. The first-order valence-electron chi connectivity index (χ1n) is 12.7. The summed E-state index contributed by atoms with van der Waals surface area (Å²) < 4.78 is 13.4. The number of benzene rings is 3. The summed E-state index contributed by atoms with van der Waals surface area (Å²) in [6, 6.07) is 16.4. The number of hydrogen-bond donors (Lipinski definition) is 2. The minimum absolute atomic E-state index is 0.181. The fraction of sp³-hybridized carbons (Fsp3) is 0.379. The smallest absolute Gasteiger partial charge is 0.254 e. The molecule has 7 nitrogen and oxygen atoms in total. The molecule has 0 unspecified atom stereocenters. The van der Waals surface area contributed by atoms with Gasteiger partial charge in [-0.05, 0) is 80.8 Å². The normalized spacial score (nSPS) is 19.3. The maximum atomic E-state index is 14.5. The van der Waals surface area contributed by atoms with Crippen LogP contribution in [0.15, 0.2) is 59.1 Å². The van der Waals surface area contributed by atoms with Crippen LogP contribution in [0.1, 0.15) is 38.2 Å². The van der Waals surface area contributed by atoms with Crippen molar-refractivity contribution in [1.82, 2.24) is 10.6 Å². The quantitative estimate of drug-likeness (QED) is 0.442. The van der Waals surface area contributed by atoms with E-state index in [1.807, 2.05) is 48.5 Å². The van der Waals surface area contributed by atoms with Crippen LogP contribution in [-0.4, -0.2) is 43.7 Å². The molecule has 1 fully saturated rings. The molecule has 2 N–H and O–H groups in total. The third-order valence-electron chi connectivity index (χ3n) is 7.66. The molecule has 3 aromatic rings. The first kappa shape index (κ1) is 25.5. The molecule has 1 aliphatic heterocycles. The molecule has 37 heavy (non-hydrogen) atoms. The first-order valence-corrected chi connectivity index (χ1v) is 13.5. The molecule has 1 heterocycles. The number of amides is 2. The minimum Gasteiger partial charge on any atom is -0.496 e. The van der Waals surface area contributed by atoms with Gasteiger partial charge in [-0.1, -0.05) is 40.2 Å². The van der Waals surface area contributed by atoms with Crippen LogP contribution in [0.3, 0.4) is 0 Å². The average molecular weight is 566 g/mol. The van der Waals surface area contributed by atoms with Crippen LogP contribution in [0.25, 0.3) is 10.8 Å². The Morgan fingerprint density at radius 3 is 2.68 bits per heavy atom. The van der Waals surface area contributed by atoms with Crippen LogP contribution in [-0.2, 0) is 16.1 Å². The number of carbonyl (C=O) groups excluding carboxylic acids is 2. The van der Waals surface area contributed by atoms with Gasteiger partial charge in [0.25, 0.3) is 5.91 Å². The predicted molar refractivity (Wildman–Crippen MR) is 148 cm³/mol. The highest BCUT2D eigenvalue weighted by atomic mass is 79.9. The average Bonchev–Trinajstić information content (AvgIpc) is 3.35. The number of nitrogens with one attached hydrogen (secondary N) is 2. The number of nitrogens with zero attached hydrogens (tertiary/aromatic N) is 1. The second-order valence-electron chi connectivity index (χ2n) is 9.83. The third kappa shape index (κ3) is 4.68. The van der Waals surface area contributed by atoms with Gasteiger partial charge in [-0.25, -0.2) is 0 Å². The first-order chi connectivity index (χ1) is 17.9. The van der Waals surface area contributed by atoms with E-state index in [1.54, 1.807) is 26.0 Å². The lowest BCUT2D eigenvalue weighted by Gasteiger charge is -2.36. The molecule has 0 bridgehead atoms. The molecule has 2 amide bonds. The lowest BCUT2D eigenvalue weighted by Crippen LogP contribution is -2.62. The van der Waals surface area contributed by atoms with Gasteiger partial charge in [-0.2, -0.15) is 0 Å². The van der Waals surface area contributed by atoms with Gasteiger partial charge in [0.1, 0.15) is 23.1 Å². The molecule has 0 aromatic heterocycles. The minimum atomic E-state index is -0.819. The summed E-state index contributed by atoms with van der Waals surface area (Å²) in [5.41, 5.74) is 0.790. The Morgan fingerprint density at radius 2 is 1.95 bits per heavy atom. The molecular formula is C29H32BrN3O4. The van der Waals surface area contributed by atoms with Gasteiger partial charge in [0.15, 0.2) is 0 Å². The number of carbonyl (C=O) groups is 2. The summed E-state index contributed by atoms with van der Waals surface area (Å²) in [4.78, 5) is 29.3. The zero-order valence-corrected chi connectivity index (χ0v) is 22.9. The lowest BCUT2D eigenvalue weighted by atomic mass is 9.90. The SMILES string of the molecule is CN[C@@H](C)C(=O)N[C@@H]1C(=O)N(Cc2c(OC)ccc3cc(Br)ccc23)c2ccccc2OC12CCCC2. The number of halogens is 1. The highest BCUT2D eigenvalue weighted by molar-refractivity contribution is 9.10. The van der Waals surface area contributed by atoms with Gasteiger partial charge in [-0.3, -0.25) is 9.59 Å². The largest absolute Gasteiger partial charge is 0.496 e. The fourth-order valence-corrected chi connectivity index (χ4v) is 5.90. The molecule has 0 radical (unpaired) electrons. The van der Waals surface area contributed by atoms with Crippen LogP contribution >= 0.6 is 15.9 Å². The Kier molecular flexibility index (Phi) is 7.14. The molecule has 194 valence electrons. The highest BCUT2D eigenvalue weighted by Gasteiger charge is 2.52. The van der Waals surface area contributed by atoms with E-state index in [-0.39, 0.29) is 18.4 Å². The lowest BCUT2D eigenvalue weighted by molar-refractivity contribution is -0.133. The number of rotatable bonds is 6. The van der Waals surface area contributed by atoms with Gasteiger partial charge in [0.05, 0.1) is 25.4 Å². The van der Waals surface area contributed by atoms with Crippen LogP contribution < -0.4 is 25.0 Å². The van der Waals surface area contributed by atoms with Crippen molar-refractivity contribution in [3.8, 4) is 11.5 Å². The van der Waals surface area contributed by atoms with Crippen LogP contribution in [0, 0.1) is 0 Å². The molecule has 3 aromatic carbocycles. The van der Waals surface area contributed by atoms with Crippen molar-refractivity contribution in [3.05, 3.63) is 64.6 Å². The fourth-order valence-electron chi connectivity index (χ4n) is 5.52. The van der Waals surface area contributed by atoms with Crippen LogP contribution in [0.2, 0.25) is 0 Å². The second-order valence-corrected chi connectivity index (χ2v) is 10.7. The van der Waals surface area contributed by atoms with Crippen molar-refractivity contribution in [2.45, 2.75) is 56.8 Å². The zero-order valence-electron chi connectivity index (χ0n) is 21.3. The van der Waals surface area contributed by atoms with Crippen molar-refractivity contribution >= 4 is 44.2 Å². The van der Waals surface area contributed by atoms with E-state index in [4.69, 9.17) is 9.47 Å². The molecule has 2 aliphatic rings. The van der Waals surface area contributed by atoms with E-state index >= 15 is 0 Å². The molecule has 1 aliphatic carbocycles. The summed E-state index contributed by atoms with van der Waals surface area (Å²) in [5.74, 6) is 0.942. The van der Waals surface area contributed by atoms with E-state index in [2.05, 4.69) is 32.6 Å². The second kappa shape index (κ2) is 10.3. The molecular weight excluding hydrogens is 534 g/mol. The molecule has 8 heteroatoms. The van der Waals surface area contributed by atoms with Gasteiger partial charge in [0.2, 0.25) is 5.91 Å². The monoisotopic (exact) mass is 565 g/mol. The van der Waals surface area contributed by atoms with Gasteiger partial charge in [-0.15, -0.1) is 0 Å². The molecule has 1 saturated carbocycles. The number of anilines is 1. The Labute approximate surface area is 225 Å². The van der Waals surface area contributed by atoms with Crippen LogP contribution in [0.4, 0.5) is 5.69 Å². The van der Waals surface area contributed by atoms with Gasteiger partial charge >= 0.3 is 0 Å². The Bertz CT molecular complexity index is 1340. The third-order valence-corrected chi connectivity index (χ3v) is 8.15. The number of fused-ring (bicyclic) bond motifs is 2. The van der Waals surface area contributed by atoms with E-state index in [0.29, 0.717) is 30.0 Å². The predicted octanol–water partition coefficient (Wildman–Crippen LogP) is 4.94. The summed E-state index contributed by atoms with van der Waals surface area (Å²) in [6.45, 7) is 2.05. The zero-order chi connectivity index (χ0) is 26.2. The molecule has 2 atom stereocenters. The van der Waals surface area contributed by atoms with Gasteiger partial charge < -0.3 is 25.0 Å². The molecule has 1 spiro atoms. The van der Waals surface area contributed by atoms with E-state index in [9.17, 15) is 9.59 Å². The maximum Gasteiger partial charge on any atom is 0.254 e. The molecule has 5 rings (SSSR count). The number of para-hydroxylation sites is 2. The summed E-state index contributed by atoms with van der Waals surface area (Å²) in [5, 5.41) is 8.07. The van der Waals surface area contributed by atoms with Gasteiger partial charge in [0, 0.05) is 10.0 Å². The highest BCUT2D eigenvalue weighted by Crippen LogP contribution is 2.45. The topological polar surface area (TPSA) is 79.9 Å². The van der Waals surface area contributed by atoms with Crippen molar-refractivity contribution in [1.29, 1.82) is 0 Å². The Morgan fingerprint density at radius 1 is 1.19 bits per heavy atom. The van der Waals surface area contributed by atoms with Crippen molar-refractivity contribution < 1.29 is 19.1 Å². The number of methoxy groups -OCH3 is 1. The van der Waals surface area contributed by atoms with E-state index in [1.165, 1.54) is 0 Å². The van der Waals surface area contributed by atoms with E-state index < -0.39 is 17.7 Å². The number of likely N-dealkylation sites (N-methyl/N-ethyl adjacent to an activating group) is 1. The number of hydrogen-bond acceptors (Lipinski definition) is 5.